The Morgan fingerprint density at radius 3 is 2.16 bits per heavy atom. The van der Waals surface area contributed by atoms with Crippen molar-refractivity contribution in [2.75, 3.05) is 10.6 Å². The van der Waals surface area contributed by atoms with Gasteiger partial charge in [0.05, 0.1) is 5.69 Å². The van der Waals surface area contributed by atoms with Crippen molar-refractivity contribution in [3.8, 4) is 0 Å². The molecule has 0 aliphatic carbocycles. The molecule has 1 unspecified atom stereocenters. The van der Waals surface area contributed by atoms with Crippen LogP contribution >= 0.6 is 27.7 Å². The van der Waals surface area contributed by atoms with Gasteiger partial charge in [-0.2, -0.15) is 0 Å². The third-order valence-electron chi connectivity index (χ3n) is 6.51. The summed E-state index contributed by atoms with van der Waals surface area (Å²) < 4.78 is 15.1. The molecule has 1 atom stereocenters. The molecule has 5 rings (SSSR count). The van der Waals surface area contributed by atoms with Crippen LogP contribution in [-0.2, 0) is 9.59 Å². The van der Waals surface area contributed by atoms with E-state index in [9.17, 15) is 18.8 Å². The topological polar surface area (TPSA) is 87.3 Å². The van der Waals surface area contributed by atoms with Gasteiger partial charge in [0.15, 0.2) is 0 Å². The van der Waals surface area contributed by atoms with E-state index in [4.69, 9.17) is 0 Å². The van der Waals surface area contributed by atoms with Crippen LogP contribution in [0.4, 0.5) is 15.8 Å². The average molecular weight is 681 g/mol. The Morgan fingerprint density at radius 2 is 1.42 bits per heavy atom. The quantitative estimate of drug-likeness (QED) is 0.102. The zero-order valence-electron chi connectivity index (χ0n) is 23.7. The number of carbonyl (C=O) groups is 3. The van der Waals surface area contributed by atoms with Gasteiger partial charge in [-0.3, -0.25) is 14.4 Å². The monoisotopic (exact) mass is 679 g/mol. The molecular formula is C36H27BrFN3O3S. The van der Waals surface area contributed by atoms with Gasteiger partial charge in [0.2, 0.25) is 5.91 Å². The van der Waals surface area contributed by atoms with Crippen molar-refractivity contribution in [3.05, 3.63) is 166 Å². The minimum atomic E-state index is -0.714. The molecule has 5 aromatic rings. The van der Waals surface area contributed by atoms with Crippen LogP contribution in [0.2, 0.25) is 0 Å². The Balaban J connectivity index is 1.38. The van der Waals surface area contributed by atoms with E-state index in [1.165, 1.54) is 23.9 Å². The predicted octanol–water partition coefficient (Wildman–Crippen LogP) is 8.47. The molecule has 5 aromatic carbocycles. The van der Waals surface area contributed by atoms with Crippen LogP contribution in [0.25, 0.3) is 6.08 Å². The second-order valence-corrected chi connectivity index (χ2v) is 11.9. The highest BCUT2D eigenvalue weighted by atomic mass is 79.9. The number of halogens is 2. The number of hydrogen-bond acceptors (Lipinski definition) is 4. The summed E-state index contributed by atoms with van der Waals surface area (Å²) >= 11 is 4.70. The fourth-order valence-corrected chi connectivity index (χ4v) is 5.85. The molecule has 6 nitrogen and oxygen atoms in total. The number of thioether (sulfide) groups is 1. The molecule has 0 saturated carbocycles. The fraction of sp³-hybridized carbons (Fsp3) is 0.0278. The van der Waals surface area contributed by atoms with Crippen LogP contribution in [0, 0.1) is 5.82 Å². The molecule has 0 radical (unpaired) electrons. The molecule has 45 heavy (non-hydrogen) atoms. The van der Waals surface area contributed by atoms with Gasteiger partial charge < -0.3 is 16.0 Å². The van der Waals surface area contributed by atoms with Gasteiger partial charge in [0.1, 0.15) is 16.8 Å². The summed E-state index contributed by atoms with van der Waals surface area (Å²) in [4.78, 5) is 40.7. The number of benzene rings is 5. The Labute approximate surface area is 272 Å². The minimum Gasteiger partial charge on any atom is -0.322 e. The van der Waals surface area contributed by atoms with Crippen molar-refractivity contribution >= 4 is 62.9 Å². The summed E-state index contributed by atoms with van der Waals surface area (Å²) in [6.45, 7) is 0. The number of hydrogen-bond donors (Lipinski definition) is 3. The van der Waals surface area contributed by atoms with E-state index in [1.807, 2.05) is 60.7 Å². The van der Waals surface area contributed by atoms with Crippen LogP contribution in [0.1, 0.15) is 26.7 Å². The maximum atomic E-state index is 14.3. The average Bonchev–Trinajstić information content (AvgIpc) is 3.05. The fourth-order valence-electron chi connectivity index (χ4n) is 4.35. The van der Waals surface area contributed by atoms with Crippen LogP contribution in [0.5, 0.6) is 0 Å². The molecule has 3 N–H and O–H groups in total. The number of carbonyl (C=O) groups excluding carboxylic acids is 3. The normalized spacial score (nSPS) is 11.7. The molecular weight excluding hydrogens is 653 g/mol. The molecule has 0 aliphatic rings. The maximum Gasteiger partial charge on any atom is 0.272 e. The molecule has 0 aromatic heterocycles. The largest absolute Gasteiger partial charge is 0.322 e. The number of anilines is 2. The first-order valence-electron chi connectivity index (χ1n) is 13.9. The van der Waals surface area contributed by atoms with E-state index >= 15 is 0 Å². The maximum absolute atomic E-state index is 14.3. The van der Waals surface area contributed by atoms with Crippen molar-refractivity contribution in [2.45, 2.75) is 10.1 Å². The van der Waals surface area contributed by atoms with Gasteiger partial charge in [-0.05, 0) is 71.8 Å². The van der Waals surface area contributed by atoms with Gasteiger partial charge in [-0.1, -0.05) is 94.8 Å². The lowest BCUT2D eigenvalue weighted by molar-refractivity contribution is -0.116. The summed E-state index contributed by atoms with van der Waals surface area (Å²) in [5.41, 5.74) is 2.44. The Hall–Kier alpha value is -4.99. The molecule has 9 heteroatoms. The van der Waals surface area contributed by atoms with Crippen LogP contribution < -0.4 is 16.0 Å². The van der Waals surface area contributed by atoms with Crippen molar-refractivity contribution < 1.29 is 18.8 Å². The second-order valence-electron chi connectivity index (χ2n) is 9.79. The number of nitrogens with one attached hydrogen (secondary N) is 3. The highest BCUT2D eigenvalue weighted by molar-refractivity contribution is 9.10. The SMILES string of the molecule is O=C(Nc1cccc(SC(C(=O)Nc2ccccc2F)c2ccccc2)c1)/C(=C\c1cccc(Br)c1)NC(=O)c1ccccc1. The molecule has 0 heterocycles. The smallest absolute Gasteiger partial charge is 0.272 e. The molecule has 0 spiro atoms. The Bertz CT molecular complexity index is 1850. The van der Waals surface area contributed by atoms with E-state index in [1.54, 1.807) is 66.7 Å². The first-order valence-corrected chi connectivity index (χ1v) is 15.5. The van der Waals surface area contributed by atoms with E-state index in [0.29, 0.717) is 21.7 Å². The van der Waals surface area contributed by atoms with Crippen molar-refractivity contribution in [1.82, 2.24) is 5.32 Å². The summed E-state index contributed by atoms with van der Waals surface area (Å²) in [5.74, 6) is -1.88. The van der Waals surface area contributed by atoms with E-state index in [-0.39, 0.29) is 11.4 Å². The van der Waals surface area contributed by atoms with E-state index in [0.717, 1.165) is 10.0 Å². The van der Waals surface area contributed by atoms with Gasteiger partial charge in [-0.15, -0.1) is 11.8 Å². The molecule has 224 valence electrons. The summed E-state index contributed by atoms with van der Waals surface area (Å²) in [6, 6.07) is 38.2. The highest BCUT2D eigenvalue weighted by Gasteiger charge is 2.23. The third kappa shape index (κ3) is 8.78. The lowest BCUT2D eigenvalue weighted by Crippen LogP contribution is -2.30. The lowest BCUT2D eigenvalue weighted by Gasteiger charge is -2.18. The Kier molecular flexibility index (Phi) is 10.6. The van der Waals surface area contributed by atoms with Crippen molar-refractivity contribution in [1.29, 1.82) is 0 Å². The van der Waals surface area contributed by atoms with Gasteiger partial charge in [0.25, 0.3) is 11.8 Å². The molecule has 0 fully saturated rings. The molecule has 0 bridgehead atoms. The highest BCUT2D eigenvalue weighted by Crippen LogP contribution is 2.37. The second kappa shape index (κ2) is 15.1. The summed E-state index contributed by atoms with van der Waals surface area (Å²) in [7, 11) is 0. The minimum absolute atomic E-state index is 0.0476. The molecule has 3 amide bonds. The summed E-state index contributed by atoms with van der Waals surface area (Å²) in [6.07, 6.45) is 1.60. The third-order valence-corrected chi connectivity index (χ3v) is 8.25. The van der Waals surface area contributed by atoms with Gasteiger partial charge >= 0.3 is 0 Å². The lowest BCUT2D eigenvalue weighted by atomic mass is 10.1. The number of amides is 3. The molecule has 0 saturated heterocycles. The van der Waals surface area contributed by atoms with Crippen molar-refractivity contribution in [2.24, 2.45) is 0 Å². The van der Waals surface area contributed by atoms with Crippen LogP contribution in [0.3, 0.4) is 0 Å². The zero-order valence-corrected chi connectivity index (χ0v) is 26.1. The zero-order chi connectivity index (χ0) is 31.6. The van der Waals surface area contributed by atoms with Gasteiger partial charge in [-0.25, -0.2) is 4.39 Å². The standard InChI is InChI=1S/C36H27BrFN3O3S/c37-27-16-9-11-24(21-27)22-32(41-34(42)26-14-5-2-6-15-26)35(43)39-28-17-10-18-29(23-28)45-33(25-12-3-1-4-13-25)36(44)40-31-20-8-7-19-30(31)38/h1-23,33H,(H,39,43)(H,40,44)(H,41,42)/b32-22+. The number of para-hydroxylation sites is 1. The first-order chi connectivity index (χ1) is 21.9. The van der Waals surface area contributed by atoms with Crippen molar-refractivity contribution in [3.63, 3.8) is 0 Å². The predicted molar refractivity (Wildman–Crippen MR) is 181 cm³/mol. The van der Waals surface area contributed by atoms with Gasteiger partial charge in [0, 0.05) is 20.6 Å². The first kappa shape index (κ1) is 31.4. The summed E-state index contributed by atoms with van der Waals surface area (Å²) in [5, 5.41) is 7.58. The Morgan fingerprint density at radius 1 is 0.733 bits per heavy atom. The van der Waals surface area contributed by atoms with E-state index in [2.05, 4.69) is 31.9 Å². The number of rotatable bonds is 10. The van der Waals surface area contributed by atoms with E-state index < -0.39 is 28.8 Å². The van der Waals surface area contributed by atoms with Crippen LogP contribution in [0.15, 0.2) is 149 Å². The van der Waals surface area contributed by atoms with Crippen LogP contribution in [-0.4, -0.2) is 17.7 Å². The molecule has 0 aliphatic heterocycles.